The Bertz CT molecular complexity index is 1550. The lowest BCUT2D eigenvalue weighted by Gasteiger charge is -2.13. The van der Waals surface area contributed by atoms with Crippen LogP contribution in [0.25, 0.3) is 21.5 Å². The summed E-state index contributed by atoms with van der Waals surface area (Å²) < 4.78 is 26.0. The molecule has 4 aromatic rings. The monoisotopic (exact) mass is 520 g/mol. The third-order valence-corrected chi connectivity index (χ3v) is 7.23. The van der Waals surface area contributed by atoms with Gasteiger partial charge in [0.2, 0.25) is 5.91 Å². The zero-order valence-electron chi connectivity index (χ0n) is 20.6. The fourth-order valence-corrected chi connectivity index (χ4v) is 5.31. The molecule has 0 fully saturated rings. The van der Waals surface area contributed by atoms with E-state index in [2.05, 4.69) is 10.3 Å². The first-order chi connectivity index (χ1) is 17.7. The minimum atomic E-state index is -0.603. The van der Waals surface area contributed by atoms with Crippen LogP contribution in [-0.4, -0.2) is 42.0 Å². The van der Waals surface area contributed by atoms with E-state index in [9.17, 15) is 14.0 Å². The molecule has 0 aliphatic carbocycles. The van der Waals surface area contributed by atoms with Gasteiger partial charge in [0.1, 0.15) is 41.1 Å². The number of hydrogen-bond acceptors (Lipinski definition) is 7. The molecule has 0 radical (unpaired) electrons. The third-order valence-electron chi connectivity index (χ3n) is 6.32. The van der Waals surface area contributed by atoms with Crippen molar-refractivity contribution >= 4 is 33.4 Å². The van der Waals surface area contributed by atoms with E-state index in [4.69, 9.17) is 20.2 Å². The van der Waals surface area contributed by atoms with Crippen molar-refractivity contribution in [1.82, 2.24) is 15.3 Å². The zero-order chi connectivity index (χ0) is 26.3. The fourth-order valence-electron chi connectivity index (χ4n) is 4.43. The number of amides is 2. The molecule has 8 nitrogen and oxygen atoms in total. The summed E-state index contributed by atoms with van der Waals surface area (Å²) in [4.78, 5) is 34.2. The van der Waals surface area contributed by atoms with Gasteiger partial charge in [-0.1, -0.05) is 0 Å². The van der Waals surface area contributed by atoms with Crippen molar-refractivity contribution in [2.45, 2.75) is 26.2 Å². The number of nitrogens with two attached hydrogens (primary N) is 1. The van der Waals surface area contributed by atoms with Gasteiger partial charge in [-0.25, -0.2) is 14.4 Å². The Kier molecular flexibility index (Phi) is 6.51. The highest BCUT2D eigenvalue weighted by Crippen LogP contribution is 2.41. The van der Waals surface area contributed by atoms with Gasteiger partial charge >= 0.3 is 0 Å². The van der Waals surface area contributed by atoms with Crippen LogP contribution in [-0.2, 0) is 11.2 Å². The van der Waals surface area contributed by atoms with E-state index in [-0.39, 0.29) is 18.3 Å². The molecule has 1 aliphatic heterocycles. The molecular weight excluding hydrogens is 495 g/mol. The van der Waals surface area contributed by atoms with E-state index in [0.29, 0.717) is 58.1 Å². The Morgan fingerprint density at radius 3 is 2.76 bits per heavy atom. The van der Waals surface area contributed by atoms with Crippen molar-refractivity contribution < 1.29 is 23.5 Å². The maximum absolute atomic E-state index is 13.9. The Balaban J connectivity index is 1.40. The minimum absolute atomic E-state index is 0.126. The van der Waals surface area contributed by atoms with Crippen LogP contribution in [0.1, 0.15) is 38.1 Å². The first-order valence-corrected chi connectivity index (χ1v) is 12.5. The summed E-state index contributed by atoms with van der Waals surface area (Å²) in [5.74, 6) is -0.646. The number of carbonyl (C=O) groups is 2. The number of fused-ring (bicyclic) bond motifs is 2. The standard InChI is InChI=1S/C27H25FN4O4S/c1-13-8-15(4-5-20(13)28)23-25-18(19(12-36-25)26(29)33)11-17(32-23)6-7-30-27(34)16-9-21(35-3)24-22(10-16)37-14(2)31-24/h4-5,8-11,19H,6-7,12H2,1-3H3,(H2,29,33)(H,30,34)/t19-/m1/s1. The third kappa shape index (κ3) is 4.72. The lowest BCUT2D eigenvalue weighted by Crippen LogP contribution is -2.26. The molecule has 3 N–H and O–H groups in total. The molecule has 0 bridgehead atoms. The van der Waals surface area contributed by atoms with Crippen molar-refractivity contribution in [1.29, 1.82) is 0 Å². The molecule has 2 aromatic heterocycles. The SMILES string of the molecule is COc1cc(C(=O)NCCc2cc3c(c(-c4ccc(F)c(C)c4)n2)OC[C@H]3C(N)=O)cc2sc(C)nc12. The zero-order valence-corrected chi connectivity index (χ0v) is 21.4. The van der Waals surface area contributed by atoms with Crippen LogP contribution in [0.3, 0.4) is 0 Å². The lowest BCUT2D eigenvalue weighted by atomic mass is 9.97. The Labute approximate surface area is 216 Å². The largest absolute Gasteiger partial charge is 0.494 e. The summed E-state index contributed by atoms with van der Waals surface area (Å²) in [7, 11) is 1.55. The molecule has 0 unspecified atom stereocenters. The number of ether oxygens (including phenoxy) is 2. The number of aromatic nitrogens is 2. The number of aryl methyl sites for hydroxylation is 2. The average Bonchev–Trinajstić information content (AvgIpc) is 3.47. The number of halogens is 1. The highest BCUT2D eigenvalue weighted by atomic mass is 32.1. The van der Waals surface area contributed by atoms with Crippen molar-refractivity contribution in [3.63, 3.8) is 0 Å². The normalized spacial score (nSPS) is 14.3. The topological polar surface area (TPSA) is 116 Å². The first kappa shape index (κ1) is 24.6. The van der Waals surface area contributed by atoms with Crippen LogP contribution < -0.4 is 20.5 Å². The van der Waals surface area contributed by atoms with Crippen molar-refractivity contribution in [3.05, 3.63) is 69.6 Å². The molecule has 2 aromatic carbocycles. The maximum Gasteiger partial charge on any atom is 0.251 e. The van der Waals surface area contributed by atoms with Crippen LogP contribution in [0.4, 0.5) is 4.39 Å². The van der Waals surface area contributed by atoms with E-state index in [1.807, 2.05) is 6.92 Å². The molecule has 190 valence electrons. The van der Waals surface area contributed by atoms with E-state index in [0.717, 1.165) is 15.2 Å². The van der Waals surface area contributed by atoms with Gasteiger partial charge in [-0.15, -0.1) is 11.3 Å². The summed E-state index contributed by atoms with van der Waals surface area (Å²) in [6, 6.07) is 9.96. The molecule has 1 atom stereocenters. The van der Waals surface area contributed by atoms with E-state index in [1.165, 1.54) is 17.4 Å². The first-order valence-electron chi connectivity index (χ1n) is 11.7. The van der Waals surface area contributed by atoms with Crippen molar-refractivity contribution in [2.75, 3.05) is 20.3 Å². The molecule has 0 saturated carbocycles. The molecule has 5 rings (SSSR count). The van der Waals surface area contributed by atoms with Crippen molar-refractivity contribution in [3.8, 4) is 22.8 Å². The van der Waals surface area contributed by atoms with Crippen LogP contribution in [0, 0.1) is 19.7 Å². The number of benzene rings is 2. The summed E-state index contributed by atoms with van der Waals surface area (Å²) in [5, 5.41) is 3.81. The van der Waals surface area contributed by atoms with Gasteiger partial charge in [-0.2, -0.15) is 0 Å². The number of carbonyl (C=O) groups excluding carboxylic acids is 2. The van der Waals surface area contributed by atoms with E-state index < -0.39 is 11.8 Å². The summed E-state index contributed by atoms with van der Waals surface area (Å²) in [5.41, 5.74) is 9.77. The predicted octanol–water partition coefficient (Wildman–Crippen LogP) is 4.06. The Morgan fingerprint density at radius 2 is 2.03 bits per heavy atom. The quantitative estimate of drug-likeness (QED) is 0.380. The number of pyridine rings is 1. The predicted molar refractivity (Wildman–Crippen MR) is 139 cm³/mol. The molecule has 0 spiro atoms. The van der Waals surface area contributed by atoms with Crippen LogP contribution in [0.2, 0.25) is 0 Å². The molecule has 1 aliphatic rings. The number of methoxy groups -OCH3 is 1. The van der Waals surface area contributed by atoms with Crippen molar-refractivity contribution in [2.24, 2.45) is 5.73 Å². The molecule has 2 amide bonds. The number of primary amides is 1. The molecule has 3 heterocycles. The maximum atomic E-state index is 13.9. The number of thiazole rings is 1. The second-order valence-electron chi connectivity index (χ2n) is 8.87. The second-order valence-corrected chi connectivity index (χ2v) is 10.1. The Hall–Kier alpha value is -4.05. The summed E-state index contributed by atoms with van der Waals surface area (Å²) in [6.45, 7) is 4.01. The summed E-state index contributed by atoms with van der Waals surface area (Å²) >= 11 is 1.49. The molecule has 10 heteroatoms. The minimum Gasteiger partial charge on any atom is -0.494 e. The number of nitrogens with one attached hydrogen (secondary N) is 1. The summed E-state index contributed by atoms with van der Waals surface area (Å²) in [6.07, 6.45) is 0.400. The van der Waals surface area contributed by atoms with Crippen LogP contribution in [0.5, 0.6) is 11.5 Å². The van der Waals surface area contributed by atoms with Gasteiger partial charge in [-0.05, 0) is 55.8 Å². The van der Waals surface area contributed by atoms with Crippen LogP contribution >= 0.6 is 11.3 Å². The Morgan fingerprint density at radius 1 is 1.22 bits per heavy atom. The van der Waals surface area contributed by atoms with Gasteiger partial charge in [0.05, 0.1) is 16.8 Å². The second kappa shape index (κ2) is 9.78. The smallest absolute Gasteiger partial charge is 0.251 e. The van der Waals surface area contributed by atoms with Gasteiger partial charge in [-0.3, -0.25) is 9.59 Å². The highest BCUT2D eigenvalue weighted by molar-refractivity contribution is 7.18. The van der Waals surface area contributed by atoms with E-state index in [1.54, 1.807) is 44.4 Å². The fraction of sp³-hybridized carbons (Fsp3) is 0.259. The van der Waals surface area contributed by atoms with Gasteiger partial charge in [0.25, 0.3) is 5.91 Å². The molecular formula is C27H25FN4O4S. The lowest BCUT2D eigenvalue weighted by molar-refractivity contribution is -0.119. The highest BCUT2D eigenvalue weighted by Gasteiger charge is 2.32. The average molecular weight is 521 g/mol. The van der Waals surface area contributed by atoms with Gasteiger partial charge < -0.3 is 20.5 Å². The number of rotatable bonds is 7. The molecule has 0 saturated heterocycles. The molecule has 37 heavy (non-hydrogen) atoms. The van der Waals surface area contributed by atoms with Gasteiger partial charge in [0.15, 0.2) is 0 Å². The number of nitrogens with zero attached hydrogens (tertiary/aromatic N) is 2. The van der Waals surface area contributed by atoms with E-state index >= 15 is 0 Å². The van der Waals surface area contributed by atoms with Crippen LogP contribution in [0.15, 0.2) is 36.4 Å². The van der Waals surface area contributed by atoms with Gasteiger partial charge in [0, 0.05) is 35.3 Å². The number of hydrogen-bond donors (Lipinski definition) is 2.